The normalized spacial score (nSPS) is 25.8. The van der Waals surface area contributed by atoms with Crippen LogP contribution in [0.5, 0.6) is 23.0 Å². The largest absolute Gasteiger partial charge is 0.504 e. The highest BCUT2D eigenvalue weighted by Crippen LogP contribution is 2.53. The Morgan fingerprint density at radius 2 is 1.74 bits per heavy atom. The minimum atomic E-state index is 0.218. The Kier molecular flexibility index (Phi) is 4.22. The molecule has 0 bridgehead atoms. The van der Waals surface area contributed by atoms with Crippen molar-refractivity contribution < 1.29 is 23.8 Å². The number of likely N-dealkylation sites (N-methyl/N-ethyl adjacent to an activating group) is 1. The summed E-state index contributed by atoms with van der Waals surface area (Å²) in [5.41, 5.74) is 5.05. The third kappa shape index (κ3) is 2.56. The number of hydrogen-bond donors (Lipinski definition) is 1. The van der Waals surface area contributed by atoms with Crippen LogP contribution in [0.3, 0.4) is 0 Å². The topological polar surface area (TPSA) is 47.9 Å². The van der Waals surface area contributed by atoms with Gasteiger partial charge in [0.05, 0.1) is 40.5 Å². The van der Waals surface area contributed by atoms with Crippen molar-refractivity contribution in [1.29, 1.82) is 0 Å². The monoisotopic (exact) mass is 370 g/mol. The number of rotatable bonds is 3. The van der Waals surface area contributed by atoms with Gasteiger partial charge in [0.2, 0.25) is 0 Å². The Balaban J connectivity index is 1.88. The van der Waals surface area contributed by atoms with Crippen LogP contribution in [0.25, 0.3) is 0 Å². The van der Waals surface area contributed by atoms with E-state index in [0.717, 1.165) is 35.5 Å². The highest BCUT2D eigenvalue weighted by atomic mass is 16.5. The van der Waals surface area contributed by atoms with E-state index in [4.69, 9.17) is 14.2 Å². The number of phenolic OH excluding ortho intramolecular Hbond substituents is 1. The maximum absolute atomic E-state index is 10.4. The molecule has 0 aliphatic carbocycles. The fraction of sp³-hybridized carbons (Fsp3) is 0.455. The summed E-state index contributed by atoms with van der Waals surface area (Å²) < 4.78 is 17.5. The van der Waals surface area contributed by atoms with Crippen molar-refractivity contribution in [3.8, 4) is 23.0 Å². The summed E-state index contributed by atoms with van der Waals surface area (Å²) in [5.74, 6) is 2.71. The molecule has 1 N–H and O–H groups in total. The van der Waals surface area contributed by atoms with E-state index in [9.17, 15) is 5.11 Å². The molecule has 2 heterocycles. The van der Waals surface area contributed by atoms with Crippen molar-refractivity contribution in [3.05, 3.63) is 46.5 Å². The zero-order chi connectivity index (χ0) is 19.3. The molecule has 27 heavy (non-hydrogen) atoms. The molecule has 2 aliphatic heterocycles. The minimum absolute atomic E-state index is 0.218. The maximum atomic E-state index is 10.4. The molecule has 144 valence electrons. The van der Waals surface area contributed by atoms with E-state index in [1.807, 2.05) is 18.2 Å². The number of phenols is 1. The summed E-state index contributed by atoms with van der Waals surface area (Å²) in [5, 5.41) is 10.4. The molecule has 0 saturated heterocycles. The van der Waals surface area contributed by atoms with Gasteiger partial charge in [-0.2, -0.15) is 0 Å². The molecule has 0 fully saturated rings. The summed E-state index contributed by atoms with van der Waals surface area (Å²) in [6, 6.07) is 8.37. The Bertz CT molecular complexity index is 894. The third-order valence-corrected chi connectivity index (χ3v) is 6.49. The van der Waals surface area contributed by atoms with Crippen LogP contribution in [0.2, 0.25) is 0 Å². The standard InChI is InChI=1S/C22H27NO4/c1-13-15-6-7-19(25-3)22(27-5)17(15)12-23(2)9-8-14-10-20(26-4)18(24)11-16(14)21(13)23/h6-7,10-11,13,21H,8-9,12H2,1-5H3/p+1/t13-,21+,23?/m0/s1. The van der Waals surface area contributed by atoms with Crippen molar-refractivity contribution in [2.45, 2.75) is 31.8 Å². The van der Waals surface area contributed by atoms with Gasteiger partial charge in [0.15, 0.2) is 23.0 Å². The molecule has 0 radical (unpaired) electrons. The number of benzene rings is 2. The van der Waals surface area contributed by atoms with E-state index < -0.39 is 0 Å². The summed E-state index contributed by atoms with van der Waals surface area (Å²) >= 11 is 0. The average Bonchev–Trinajstić information content (AvgIpc) is 2.66. The first-order valence-corrected chi connectivity index (χ1v) is 9.41. The zero-order valence-electron chi connectivity index (χ0n) is 16.7. The van der Waals surface area contributed by atoms with E-state index in [0.29, 0.717) is 11.7 Å². The van der Waals surface area contributed by atoms with E-state index in [2.05, 4.69) is 20.0 Å². The van der Waals surface area contributed by atoms with Crippen molar-refractivity contribution in [2.75, 3.05) is 34.9 Å². The molecule has 4 rings (SSSR count). The Morgan fingerprint density at radius 3 is 2.41 bits per heavy atom. The van der Waals surface area contributed by atoms with Gasteiger partial charge in [-0.05, 0) is 29.3 Å². The molecular weight excluding hydrogens is 342 g/mol. The van der Waals surface area contributed by atoms with Crippen LogP contribution in [0.1, 0.15) is 41.1 Å². The molecule has 0 aromatic heterocycles. The smallest absolute Gasteiger partial charge is 0.169 e. The van der Waals surface area contributed by atoms with Gasteiger partial charge in [0.25, 0.3) is 0 Å². The number of methoxy groups -OCH3 is 3. The molecule has 5 heteroatoms. The average molecular weight is 370 g/mol. The second kappa shape index (κ2) is 6.34. The number of fused-ring (bicyclic) bond motifs is 4. The quantitative estimate of drug-likeness (QED) is 0.836. The van der Waals surface area contributed by atoms with Gasteiger partial charge in [-0.15, -0.1) is 0 Å². The first-order valence-electron chi connectivity index (χ1n) is 9.41. The molecular formula is C22H28NO4+. The lowest BCUT2D eigenvalue weighted by Crippen LogP contribution is -2.54. The van der Waals surface area contributed by atoms with Gasteiger partial charge >= 0.3 is 0 Å². The number of hydrogen-bond acceptors (Lipinski definition) is 4. The molecule has 0 spiro atoms. The lowest BCUT2D eigenvalue weighted by atomic mass is 9.75. The van der Waals surface area contributed by atoms with Crippen LogP contribution in [0.15, 0.2) is 24.3 Å². The van der Waals surface area contributed by atoms with Crippen molar-refractivity contribution in [2.24, 2.45) is 0 Å². The second-order valence-corrected chi connectivity index (χ2v) is 7.94. The molecule has 1 unspecified atom stereocenters. The number of aromatic hydroxyl groups is 1. The molecule has 3 atom stereocenters. The molecule has 2 aromatic rings. The van der Waals surface area contributed by atoms with Crippen LogP contribution in [-0.2, 0) is 13.0 Å². The predicted molar refractivity (Wildman–Crippen MR) is 104 cm³/mol. The molecule has 5 nitrogen and oxygen atoms in total. The van der Waals surface area contributed by atoms with Gasteiger partial charge in [-0.1, -0.05) is 13.0 Å². The summed E-state index contributed by atoms with van der Waals surface area (Å²) in [4.78, 5) is 0. The number of nitrogens with zero attached hydrogens (tertiary/aromatic N) is 1. The van der Waals surface area contributed by atoms with Gasteiger partial charge in [0, 0.05) is 17.9 Å². The Morgan fingerprint density at radius 1 is 1.00 bits per heavy atom. The second-order valence-electron chi connectivity index (χ2n) is 7.94. The highest BCUT2D eigenvalue weighted by Gasteiger charge is 2.48. The van der Waals surface area contributed by atoms with Gasteiger partial charge in [-0.3, -0.25) is 0 Å². The number of quaternary nitrogens is 1. The predicted octanol–water partition coefficient (Wildman–Crippen LogP) is 3.78. The summed E-state index contributed by atoms with van der Waals surface area (Å²) in [6.45, 7) is 4.20. The minimum Gasteiger partial charge on any atom is -0.504 e. The van der Waals surface area contributed by atoms with Crippen LogP contribution >= 0.6 is 0 Å². The molecule has 0 saturated carbocycles. The van der Waals surface area contributed by atoms with E-state index in [1.165, 1.54) is 22.3 Å². The van der Waals surface area contributed by atoms with E-state index in [1.54, 1.807) is 21.3 Å². The van der Waals surface area contributed by atoms with Crippen molar-refractivity contribution in [3.63, 3.8) is 0 Å². The summed E-state index contributed by atoms with van der Waals surface area (Å²) in [7, 11) is 7.31. The van der Waals surface area contributed by atoms with Gasteiger partial charge < -0.3 is 23.8 Å². The molecule has 2 aliphatic rings. The van der Waals surface area contributed by atoms with E-state index >= 15 is 0 Å². The van der Waals surface area contributed by atoms with Crippen molar-refractivity contribution >= 4 is 0 Å². The van der Waals surface area contributed by atoms with Gasteiger partial charge in [-0.25, -0.2) is 0 Å². The first kappa shape index (κ1) is 18.0. The Hall–Kier alpha value is -2.40. The fourth-order valence-corrected chi connectivity index (χ4v) is 5.25. The van der Waals surface area contributed by atoms with Crippen LogP contribution in [0, 0.1) is 0 Å². The van der Waals surface area contributed by atoms with E-state index in [-0.39, 0.29) is 11.8 Å². The van der Waals surface area contributed by atoms with Crippen LogP contribution in [0.4, 0.5) is 0 Å². The lowest BCUT2D eigenvalue weighted by molar-refractivity contribution is -0.957. The Labute approximate surface area is 160 Å². The van der Waals surface area contributed by atoms with Crippen LogP contribution < -0.4 is 14.2 Å². The fourth-order valence-electron chi connectivity index (χ4n) is 5.25. The van der Waals surface area contributed by atoms with Crippen LogP contribution in [-0.4, -0.2) is 44.5 Å². The first-order chi connectivity index (χ1) is 12.9. The third-order valence-electron chi connectivity index (χ3n) is 6.49. The summed E-state index contributed by atoms with van der Waals surface area (Å²) in [6.07, 6.45) is 0.966. The van der Waals surface area contributed by atoms with Crippen molar-refractivity contribution in [1.82, 2.24) is 0 Å². The highest BCUT2D eigenvalue weighted by molar-refractivity contribution is 5.54. The lowest BCUT2D eigenvalue weighted by Gasteiger charge is -2.51. The zero-order valence-corrected chi connectivity index (χ0v) is 16.7. The van der Waals surface area contributed by atoms with Gasteiger partial charge in [0.1, 0.15) is 12.6 Å². The number of ether oxygens (including phenoxy) is 3. The molecule has 0 amide bonds. The SMILES string of the molecule is COc1cc2c(cc1O)[C@H]1[C@@H](C)c3ccc(OC)c(OC)c3C[N+]1(C)CC2. The molecule has 2 aromatic carbocycles. The maximum Gasteiger partial charge on any atom is 0.169 e.